The predicted octanol–water partition coefficient (Wildman–Crippen LogP) is 4.00. The Hall–Kier alpha value is -1.64. The molecule has 0 amide bonds. The number of nitrogens with zero attached hydrogens (tertiary/aromatic N) is 1. The molecule has 3 N–H and O–H groups in total. The Morgan fingerprint density at radius 3 is 2.50 bits per heavy atom. The molecule has 1 aromatic carbocycles. The maximum absolute atomic E-state index is 12.4. The van der Waals surface area contributed by atoms with Crippen molar-refractivity contribution in [1.82, 2.24) is 5.43 Å². The monoisotopic (exact) mass is 440 g/mol. The number of carboxylic acids is 1. The van der Waals surface area contributed by atoms with Crippen molar-refractivity contribution in [3.05, 3.63) is 29.8 Å². The van der Waals surface area contributed by atoms with Crippen molar-refractivity contribution in [2.75, 3.05) is 17.2 Å². The van der Waals surface area contributed by atoms with E-state index >= 15 is 0 Å². The Morgan fingerprint density at radius 2 is 1.93 bits per heavy atom. The number of nitrogens with one attached hydrogen (secondary N) is 1. The van der Waals surface area contributed by atoms with Crippen LogP contribution in [0.1, 0.15) is 82.8 Å². The third-order valence-corrected chi connectivity index (χ3v) is 7.01. The molecule has 30 heavy (non-hydrogen) atoms. The third-order valence-electron chi connectivity index (χ3n) is 6.00. The highest BCUT2D eigenvalue weighted by Gasteiger charge is 2.43. The molecule has 1 unspecified atom stereocenters. The van der Waals surface area contributed by atoms with Gasteiger partial charge in [0.1, 0.15) is 0 Å². The molecule has 2 rings (SSSR count). The fourth-order valence-corrected chi connectivity index (χ4v) is 5.12. The molecule has 0 saturated heterocycles. The molecule has 1 aromatic rings. The molecule has 0 aromatic heterocycles. The molecule has 0 aliphatic heterocycles. The number of anilines is 1. The number of aliphatic hydroxyl groups is 1. The van der Waals surface area contributed by atoms with Crippen LogP contribution in [0.4, 0.5) is 5.69 Å². The zero-order chi connectivity index (χ0) is 22.2. The summed E-state index contributed by atoms with van der Waals surface area (Å²) in [7, 11) is -3.54. The second kappa shape index (κ2) is 11.1. The fraction of sp³-hybridized carbons (Fsp3) is 0.682. The minimum atomic E-state index is -3.54. The third kappa shape index (κ3) is 6.68. The van der Waals surface area contributed by atoms with Crippen molar-refractivity contribution in [2.45, 2.75) is 77.2 Å². The lowest BCUT2D eigenvalue weighted by atomic mass is 9.61. The van der Waals surface area contributed by atoms with Crippen LogP contribution in [0.15, 0.2) is 24.3 Å². The SMILES string of the molecule is CCCC1(C(O)c2cccc(N(NCCCCCCC(=O)O)S(C)(=O)=O)c2)CCC1. The van der Waals surface area contributed by atoms with E-state index in [2.05, 4.69) is 12.3 Å². The number of rotatable bonds is 14. The van der Waals surface area contributed by atoms with Gasteiger partial charge in [-0.05, 0) is 49.8 Å². The van der Waals surface area contributed by atoms with Gasteiger partial charge in [0.05, 0.1) is 18.0 Å². The van der Waals surface area contributed by atoms with E-state index in [-0.39, 0.29) is 11.8 Å². The van der Waals surface area contributed by atoms with Gasteiger partial charge < -0.3 is 10.2 Å². The first-order valence-electron chi connectivity index (χ1n) is 10.9. The Balaban J connectivity index is 2.02. The van der Waals surface area contributed by atoms with Crippen LogP contribution < -0.4 is 9.84 Å². The largest absolute Gasteiger partial charge is 0.481 e. The number of hydrazine groups is 1. The highest BCUT2D eigenvalue weighted by atomic mass is 32.2. The second-order valence-electron chi connectivity index (χ2n) is 8.46. The van der Waals surface area contributed by atoms with E-state index < -0.39 is 22.1 Å². The maximum Gasteiger partial charge on any atom is 0.303 e. The molecule has 0 radical (unpaired) electrons. The first-order valence-corrected chi connectivity index (χ1v) is 12.8. The van der Waals surface area contributed by atoms with E-state index in [0.717, 1.165) is 63.2 Å². The highest BCUT2D eigenvalue weighted by molar-refractivity contribution is 7.92. The van der Waals surface area contributed by atoms with Gasteiger partial charge in [-0.1, -0.05) is 44.7 Å². The van der Waals surface area contributed by atoms with Crippen LogP contribution in [0.5, 0.6) is 0 Å². The van der Waals surface area contributed by atoms with E-state index in [4.69, 9.17) is 5.11 Å². The van der Waals surface area contributed by atoms with Gasteiger partial charge in [-0.25, -0.2) is 18.3 Å². The van der Waals surface area contributed by atoms with Crippen LogP contribution in [-0.4, -0.2) is 37.4 Å². The number of unbranched alkanes of at least 4 members (excludes halogenated alkanes) is 3. The minimum Gasteiger partial charge on any atom is -0.481 e. The van der Waals surface area contributed by atoms with Crippen molar-refractivity contribution in [2.24, 2.45) is 5.41 Å². The van der Waals surface area contributed by atoms with Crippen molar-refractivity contribution in [3.8, 4) is 0 Å². The second-order valence-corrected chi connectivity index (χ2v) is 10.3. The Morgan fingerprint density at radius 1 is 1.23 bits per heavy atom. The fourth-order valence-electron chi connectivity index (χ4n) is 4.30. The number of carbonyl (C=O) groups is 1. The molecule has 1 saturated carbocycles. The molecule has 0 bridgehead atoms. The number of hydrogen-bond acceptors (Lipinski definition) is 5. The molecular weight excluding hydrogens is 404 g/mol. The van der Waals surface area contributed by atoms with Crippen LogP contribution in [0.25, 0.3) is 0 Å². The van der Waals surface area contributed by atoms with Crippen LogP contribution in [-0.2, 0) is 14.8 Å². The summed E-state index contributed by atoms with van der Waals surface area (Å²) in [6.45, 7) is 2.59. The molecule has 0 spiro atoms. The van der Waals surface area contributed by atoms with Gasteiger partial charge in [0, 0.05) is 18.4 Å². The first kappa shape index (κ1) is 24.6. The molecule has 1 aliphatic rings. The normalized spacial score (nSPS) is 16.6. The summed E-state index contributed by atoms with van der Waals surface area (Å²) >= 11 is 0. The van der Waals surface area contributed by atoms with Gasteiger partial charge in [0.25, 0.3) is 0 Å². The molecule has 1 fully saturated rings. The van der Waals surface area contributed by atoms with Crippen molar-refractivity contribution < 1.29 is 23.4 Å². The molecule has 7 nitrogen and oxygen atoms in total. The van der Waals surface area contributed by atoms with Crippen LogP contribution in [0, 0.1) is 5.41 Å². The lowest BCUT2D eigenvalue weighted by molar-refractivity contribution is -0.137. The van der Waals surface area contributed by atoms with Gasteiger partial charge in [0.2, 0.25) is 10.0 Å². The molecule has 0 heterocycles. The summed E-state index contributed by atoms with van der Waals surface area (Å²) in [6.07, 6.45) is 8.83. The summed E-state index contributed by atoms with van der Waals surface area (Å²) in [5.41, 5.74) is 4.14. The maximum atomic E-state index is 12.4. The van der Waals surface area contributed by atoms with Gasteiger partial charge in [-0.15, -0.1) is 0 Å². The van der Waals surface area contributed by atoms with Crippen LogP contribution in [0.2, 0.25) is 0 Å². The van der Waals surface area contributed by atoms with Gasteiger partial charge in [-0.3, -0.25) is 4.79 Å². The van der Waals surface area contributed by atoms with E-state index in [1.807, 2.05) is 6.07 Å². The van der Waals surface area contributed by atoms with E-state index in [9.17, 15) is 18.3 Å². The van der Waals surface area contributed by atoms with Gasteiger partial charge in [0.15, 0.2) is 0 Å². The van der Waals surface area contributed by atoms with E-state index in [1.165, 1.54) is 4.41 Å². The number of aliphatic hydroxyl groups excluding tert-OH is 1. The average Bonchev–Trinajstić information content (AvgIpc) is 2.65. The number of hydrogen-bond donors (Lipinski definition) is 3. The van der Waals surface area contributed by atoms with Crippen molar-refractivity contribution >= 4 is 21.7 Å². The lowest BCUT2D eigenvalue weighted by Crippen LogP contribution is -2.43. The zero-order valence-corrected chi connectivity index (χ0v) is 19.0. The summed E-state index contributed by atoms with van der Waals surface area (Å²) in [5, 5.41) is 19.7. The Bertz CT molecular complexity index is 792. The lowest BCUT2D eigenvalue weighted by Gasteiger charge is -2.46. The van der Waals surface area contributed by atoms with Crippen LogP contribution in [0.3, 0.4) is 0 Å². The molecule has 1 aliphatic carbocycles. The zero-order valence-electron chi connectivity index (χ0n) is 18.1. The van der Waals surface area contributed by atoms with Crippen LogP contribution >= 0.6 is 0 Å². The number of sulfonamides is 1. The minimum absolute atomic E-state index is 0.0906. The Labute approximate surface area is 180 Å². The number of carboxylic acid groups (broad SMARTS) is 1. The molecule has 8 heteroatoms. The molecule has 1 atom stereocenters. The standard InChI is InChI=1S/C22H36N2O5S/c1-3-13-22(14-9-15-22)21(27)18-10-8-11-19(17-18)24(30(2,28)29)23-16-7-5-4-6-12-20(25)26/h8,10-11,17,21,23,27H,3-7,9,12-16H2,1-2H3,(H,25,26). The first-order chi connectivity index (χ1) is 14.2. The molecule has 170 valence electrons. The summed E-state index contributed by atoms with van der Waals surface area (Å²) in [5.74, 6) is -0.791. The summed E-state index contributed by atoms with van der Waals surface area (Å²) < 4.78 is 25.9. The number of benzene rings is 1. The summed E-state index contributed by atoms with van der Waals surface area (Å²) in [6, 6.07) is 7.15. The van der Waals surface area contributed by atoms with Gasteiger partial charge >= 0.3 is 5.97 Å². The smallest absolute Gasteiger partial charge is 0.303 e. The quantitative estimate of drug-likeness (QED) is 0.298. The molecular formula is C22H36N2O5S. The predicted molar refractivity (Wildman–Crippen MR) is 119 cm³/mol. The van der Waals surface area contributed by atoms with E-state index in [0.29, 0.717) is 18.7 Å². The van der Waals surface area contributed by atoms with Gasteiger partial charge in [-0.2, -0.15) is 0 Å². The Kier molecular flexibility index (Phi) is 9.12. The van der Waals surface area contributed by atoms with Crippen molar-refractivity contribution in [3.63, 3.8) is 0 Å². The van der Waals surface area contributed by atoms with Crippen molar-refractivity contribution in [1.29, 1.82) is 0 Å². The average molecular weight is 441 g/mol. The number of aliphatic carboxylic acids is 1. The summed E-state index contributed by atoms with van der Waals surface area (Å²) in [4.78, 5) is 10.5. The topological polar surface area (TPSA) is 107 Å². The van der Waals surface area contributed by atoms with E-state index in [1.54, 1.807) is 18.2 Å². The highest BCUT2D eigenvalue weighted by Crippen LogP contribution is 2.53.